The largest absolute Gasteiger partial charge is 0.430 e. The van der Waals surface area contributed by atoms with Crippen molar-refractivity contribution in [3.8, 4) is 0 Å². The summed E-state index contributed by atoms with van der Waals surface area (Å²) in [6.45, 7) is 1.48. The van der Waals surface area contributed by atoms with Crippen LogP contribution in [0.3, 0.4) is 0 Å². The van der Waals surface area contributed by atoms with E-state index >= 15 is 0 Å². The highest BCUT2D eigenvalue weighted by Crippen LogP contribution is 2.56. The minimum absolute atomic E-state index is 0.126. The van der Waals surface area contributed by atoms with E-state index in [-0.39, 0.29) is 12.7 Å². The number of halogens is 9. The van der Waals surface area contributed by atoms with E-state index in [1.165, 1.54) is 0 Å². The van der Waals surface area contributed by atoms with Gasteiger partial charge >= 0.3 is 18.5 Å². The standard InChI is InChI=1S/C15H15F9O2/c1-8-5-6-9(11(2,25-3)13(16,17)18)10(7-8)12(26-4,14(19,20)21)15(22,23)24/h5-7H,1-4H3. The predicted molar refractivity (Wildman–Crippen MR) is 72.4 cm³/mol. The van der Waals surface area contributed by atoms with Gasteiger partial charge in [-0.3, -0.25) is 0 Å². The van der Waals surface area contributed by atoms with Gasteiger partial charge in [-0.05, 0) is 19.4 Å². The van der Waals surface area contributed by atoms with Crippen LogP contribution in [0.2, 0.25) is 0 Å². The zero-order valence-corrected chi connectivity index (χ0v) is 14.0. The van der Waals surface area contributed by atoms with Gasteiger partial charge in [0.05, 0.1) is 0 Å². The minimum atomic E-state index is -6.09. The Balaban J connectivity index is 4.07. The van der Waals surface area contributed by atoms with Gasteiger partial charge in [-0.25, -0.2) is 0 Å². The Morgan fingerprint density at radius 3 is 1.46 bits per heavy atom. The fourth-order valence-corrected chi connectivity index (χ4v) is 2.55. The van der Waals surface area contributed by atoms with E-state index in [0.29, 0.717) is 26.2 Å². The lowest BCUT2D eigenvalue weighted by Crippen LogP contribution is -2.57. The van der Waals surface area contributed by atoms with Crippen LogP contribution in [0.5, 0.6) is 0 Å². The van der Waals surface area contributed by atoms with E-state index in [2.05, 4.69) is 9.47 Å². The molecular formula is C15H15F9O2. The van der Waals surface area contributed by atoms with Gasteiger partial charge in [0.2, 0.25) is 0 Å². The Kier molecular flexibility index (Phi) is 5.72. The van der Waals surface area contributed by atoms with Crippen molar-refractivity contribution in [1.82, 2.24) is 0 Å². The van der Waals surface area contributed by atoms with Crippen LogP contribution in [-0.4, -0.2) is 32.7 Å². The van der Waals surface area contributed by atoms with Crippen LogP contribution >= 0.6 is 0 Å². The first-order chi connectivity index (χ1) is 11.5. The molecular weight excluding hydrogens is 383 g/mol. The van der Waals surface area contributed by atoms with Crippen LogP contribution in [0.4, 0.5) is 39.5 Å². The van der Waals surface area contributed by atoms with Crippen molar-refractivity contribution < 1.29 is 49.0 Å². The van der Waals surface area contributed by atoms with Crippen LogP contribution in [0.1, 0.15) is 23.6 Å². The molecule has 1 atom stereocenters. The van der Waals surface area contributed by atoms with Gasteiger partial charge in [-0.1, -0.05) is 23.8 Å². The fourth-order valence-electron chi connectivity index (χ4n) is 2.55. The molecule has 0 aromatic heterocycles. The molecule has 0 amide bonds. The maximum atomic E-state index is 13.5. The molecule has 26 heavy (non-hydrogen) atoms. The molecule has 0 aliphatic heterocycles. The average Bonchev–Trinajstić information content (AvgIpc) is 2.43. The van der Waals surface area contributed by atoms with E-state index in [1.54, 1.807) is 0 Å². The third-order valence-corrected chi connectivity index (χ3v) is 4.12. The third kappa shape index (κ3) is 3.26. The predicted octanol–water partition coefficient (Wildman–Crippen LogP) is 5.39. The van der Waals surface area contributed by atoms with E-state index in [0.717, 1.165) is 13.0 Å². The molecule has 1 aromatic carbocycles. The maximum Gasteiger partial charge on any atom is 0.430 e. The molecule has 0 bridgehead atoms. The normalized spacial score (nSPS) is 16.5. The van der Waals surface area contributed by atoms with Crippen LogP contribution in [-0.2, 0) is 20.7 Å². The molecule has 0 aliphatic carbocycles. The molecule has 0 aliphatic rings. The lowest BCUT2D eigenvalue weighted by atomic mass is 9.80. The van der Waals surface area contributed by atoms with Gasteiger partial charge in [-0.15, -0.1) is 0 Å². The lowest BCUT2D eigenvalue weighted by Gasteiger charge is -2.41. The van der Waals surface area contributed by atoms with Gasteiger partial charge in [0.15, 0.2) is 5.60 Å². The Labute approximate surface area is 142 Å². The maximum absolute atomic E-state index is 13.5. The molecule has 11 heteroatoms. The third-order valence-electron chi connectivity index (χ3n) is 4.12. The second kappa shape index (κ2) is 6.59. The Bertz CT molecular complexity index is 632. The number of rotatable bonds is 4. The van der Waals surface area contributed by atoms with Gasteiger partial charge < -0.3 is 9.47 Å². The van der Waals surface area contributed by atoms with Crippen molar-refractivity contribution in [2.24, 2.45) is 0 Å². The number of aryl methyl sites for hydroxylation is 1. The van der Waals surface area contributed by atoms with E-state index < -0.39 is 40.9 Å². The summed E-state index contributed by atoms with van der Waals surface area (Å²) >= 11 is 0. The number of hydrogen-bond donors (Lipinski definition) is 0. The first-order valence-electron chi connectivity index (χ1n) is 6.91. The summed E-state index contributed by atoms with van der Waals surface area (Å²) in [5, 5.41) is 0. The van der Waals surface area contributed by atoms with Gasteiger partial charge in [0, 0.05) is 19.8 Å². The van der Waals surface area contributed by atoms with E-state index in [4.69, 9.17) is 0 Å². The van der Waals surface area contributed by atoms with Crippen molar-refractivity contribution in [2.75, 3.05) is 14.2 Å². The summed E-state index contributed by atoms with van der Waals surface area (Å²) in [6.07, 6.45) is -17.5. The molecule has 0 radical (unpaired) electrons. The molecule has 0 N–H and O–H groups in total. The van der Waals surface area contributed by atoms with Crippen LogP contribution in [0.15, 0.2) is 18.2 Å². The van der Waals surface area contributed by atoms with Crippen molar-refractivity contribution in [3.63, 3.8) is 0 Å². The molecule has 150 valence electrons. The molecule has 0 heterocycles. The highest BCUT2D eigenvalue weighted by molar-refractivity contribution is 5.42. The number of hydrogen-bond acceptors (Lipinski definition) is 2. The second-order valence-corrected chi connectivity index (χ2v) is 5.66. The monoisotopic (exact) mass is 398 g/mol. The summed E-state index contributed by atoms with van der Waals surface area (Å²) in [7, 11) is 0.664. The molecule has 1 aromatic rings. The Hall–Kier alpha value is -1.49. The van der Waals surface area contributed by atoms with Gasteiger partial charge in [-0.2, -0.15) is 39.5 Å². The topological polar surface area (TPSA) is 18.5 Å². The first-order valence-corrected chi connectivity index (χ1v) is 6.91. The molecule has 0 fully saturated rings. The van der Waals surface area contributed by atoms with Gasteiger partial charge in [0.1, 0.15) is 0 Å². The minimum Gasteiger partial charge on any atom is -0.364 e. The number of benzene rings is 1. The Morgan fingerprint density at radius 2 is 1.15 bits per heavy atom. The quantitative estimate of drug-likeness (QED) is 0.634. The van der Waals surface area contributed by atoms with Gasteiger partial charge in [0.25, 0.3) is 5.60 Å². The van der Waals surface area contributed by atoms with Crippen LogP contribution in [0, 0.1) is 6.92 Å². The van der Waals surface area contributed by atoms with E-state index in [9.17, 15) is 39.5 Å². The molecule has 0 spiro atoms. The molecule has 1 rings (SSSR count). The SMILES string of the molecule is COC(C)(c1ccc(C)cc1C(OC)(C(F)(F)F)C(F)(F)F)C(F)(F)F. The van der Waals surface area contributed by atoms with E-state index in [1.807, 2.05) is 0 Å². The summed E-state index contributed by atoms with van der Waals surface area (Å²) in [6, 6.07) is 1.84. The summed E-state index contributed by atoms with van der Waals surface area (Å²) in [5.74, 6) is 0. The molecule has 1 unspecified atom stereocenters. The zero-order chi connectivity index (χ0) is 20.8. The second-order valence-electron chi connectivity index (χ2n) is 5.66. The zero-order valence-electron chi connectivity index (χ0n) is 14.0. The molecule has 0 saturated heterocycles. The summed E-state index contributed by atoms with van der Waals surface area (Å²) < 4.78 is 129. The summed E-state index contributed by atoms with van der Waals surface area (Å²) in [5.41, 5.74) is -11.6. The number of alkyl halides is 9. The number of methoxy groups -OCH3 is 2. The van der Waals surface area contributed by atoms with Crippen molar-refractivity contribution >= 4 is 0 Å². The van der Waals surface area contributed by atoms with Crippen molar-refractivity contribution in [2.45, 2.75) is 43.6 Å². The van der Waals surface area contributed by atoms with Crippen LogP contribution < -0.4 is 0 Å². The average molecular weight is 398 g/mol. The first kappa shape index (κ1) is 22.6. The fraction of sp³-hybridized carbons (Fsp3) is 0.600. The molecule has 2 nitrogen and oxygen atoms in total. The summed E-state index contributed by atoms with van der Waals surface area (Å²) in [4.78, 5) is 0. The highest BCUT2D eigenvalue weighted by atomic mass is 19.4. The van der Waals surface area contributed by atoms with Crippen LogP contribution in [0.25, 0.3) is 0 Å². The smallest absolute Gasteiger partial charge is 0.364 e. The number of ether oxygens (including phenoxy) is 2. The Morgan fingerprint density at radius 1 is 0.692 bits per heavy atom. The highest BCUT2D eigenvalue weighted by Gasteiger charge is 2.74. The van der Waals surface area contributed by atoms with Crippen molar-refractivity contribution in [3.05, 3.63) is 34.9 Å². The molecule has 0 saturated carbocycles. The van der Waals surface area contributed by atoms with Crippen molar-refractivity contribution in [1.29, 1.82) is 0 Å². The lowest BCUT2D eigenvalue weighted by molar-refractivity contribution is -0.384.